The van der Waals surface area contributed by atoms with E-state index in [2.05, 4.69) is 56.0 Å². The van der Waals surface area contributed by atoms with Crippen molar-refractivity contribution in [3.63, 3.8) is 0 Å². The summed E-state index contributed by atoms with van der Waals surface area (Å²) in [5.41, 5.74) is 1.55. The highest BCUT2D eigenvalue weighted by atomic mass is 15.1. The van der Waals surface area contributed by atoms with Crippen LogP contribution in [0.3, 0.4) is 0 Å². The summed E-state index contributed by atoms with van der Waals surface area (Å²) in [6, 6.07) is 23.4. The molecule has 0 radical (unpaired) electrons. The van der Waals surface area contributed by atoms with Gasteiger partial charge < -0.3 is 4.90 Å². The van der Waals surface area contributed by atoms with E-state index >= 15 is 0 Å². The third-order valence-electron chi connectivity index (χ3n) is 4.76. The van der Waals surface area contributed by atoms with Crippen molar-refractivity contribution in [1.82, 2.24) is 4.90 Å². The minimum atomic E-state index is -0.607. The summed E-state index contributed by atoms with van der Waals surface area (Å²) in [5.74, 6) is 0. The van der Waals surface area contributed by atoms with Gasteiger partial charge in [-0.25, -0.2) is 0 Å². The van der Waals surface area contributed by atoms with Gasteiger partial charge in [-0.2, -0.15) is 5.26 Å². The van der Waals surface area contributed by atoms with Crippen molar-refractivity contribution in [1.29, 1.82) is 5.26 Å². The zero-order valence-electron chi connectivity index (χ0n) is 14.4. The predicted octanol–water partition coefficient (Wildman–Crippen LogP) is 4.62. The Morgan fingerprint density at radius 3 is 1.70 bits per heavy atom. The molecule has 0 aliphatic carbocycles. The SMILES string of the molecule is CCN(CC)[C@@H](C)CC(C#N)(c1ccccc1)c1ccccc1. The topological polar surface area (TPSA) is 27.0 Å². The van der Waals surface area contributed by atoms with Crippen molar-refractivity contribution < 1.29 is 0 Å². The third kappa shape index (κ3) is 3.63. The normalized spacial score (nSPS) is 12.8. The van der Waals surface area contributed by atoms with E-state index in [-0.39, 0.29) is 0 Å². The van der Waals surface area contributed by atoms with Crippen molar-refractivity contribution in [3.8, 4) is 6.07 Å². The van der Waals surface area contributed by atoms with Gasteiger partial charge in [-0.05, 0) is 37.6 Å². The van der Waals surface area contributed by atoms with Crippen LogP contribution in [0.5, 0.6) is 0 Å². The molecule has 0 bridgehead atoms. The average molecular weight is 306 g/mol. The highest BCUT2D eigenvalue weighted by Gasteiger charge is 2.36. The van der Waals surface area contributed by atoms with Crippen LogP contribution < -0.4 is 0 Å². The molecule has 0 N–H and O–H groups in total. The van der Waals surface area contributed by atoms with E-state index in [4.69, 9.17) is 0 Å². The van der Waals surface area contributed by atoms with Crippen LogP contribution in [0.2, 0.25) is 0 Å². The summed E-state index contributed by atoms with van der Waals surface area (Å²) in [5, 5.41) is 10.2. The monoisotopic (exact) mass is 306 g/mol. The lowest BCUT2D eigenvalue weighted by Crippen LogP contribution is -2.39. The molecular weight excluding hydrogens is 280 g/mol. The Balaban J connectivity index is 2.50. The minimum Gasteiger partial charge on any atom is -0.301 e. The van der Waals surface area contributed by atoms with Gasteiger partial charge >= 0.3 is 0 Å². The average Bonchev–Trinajstić information content (AvgIpc) is 2.62. The van der Waals surface area contributed by atoms with E-state index in [9.17, 15) is 5.26 Å². The van der Waals surface area contributed by atoms with Crippen molar-refractivity contribution in [2.75, 3.05) is 13.1 Å². The maximum atomic E-state index is 10.2. The highest BCUT2D eigenvalue weighted by Crippen LogP contribution is 2.37. The van der Waals surface area contributed by atoms with Crippen LogP contribution in [0, 0.1) is 11.3 Å². The lowest BCUT2D eigenvalue weighted by atomic mass is 9.71. The first-order valence-electron chi connectivity index (χ1n) is 8.44. The van der Waals surface area contributed by atoms with Crippen LogP contribution in [0.4, 0.5) is 0 Å². The van der Waals surface area contributed by atoms with Gasteiger partial charge in [0.15, 0.2) is 0 Å². The molecule has 0 saturated heterocycles. The second-order valence-electron chi connectivity index (χ2n) is 6.02. The summed E-state index contributed by atoms with van der Waals surface area (Å²) in [7, 11) is 0. The Kier molecular flexibility index (Phi) is 5.96. The van der Waals surface area contributed by atoms with E-state index in [0.29, 0.717) is 6.04 Å². The first-order chi connectivity index (χ1) is 11.2. The zero-order valence-corrected chi connectivity index (χ0v) is 14.4. The molecule has 0 amide bonds. The molecule has 120 valence electrons. The standard InChI is InChI=1S/C21H26N2/c1-4-23(5-2)18(3)16-21(17-22,19-12-8-6-9-13-19)20-14-10-7-11-15-20/h6-15,18H,4-5,16H2,1-3H3/t18-/m0/s1. The van der Waals surface area contributed by atoms with Gasteiger partial charge in [0, 0.05) is 6.04 Å². The van der Waals surface area contributed by atoms with Crippen molar-refractivity contribution in [2.45, 2.75) is 38.6 Å². The Hall–Kier alpha value is -2.11. The molecule has 2 nitrogen and oxygen atoms in total. The summed E-state index contributed by atoms with van der Waals surface area (Å²) in [6.07, 6.45) is 0.791. The van der Waals surface area contributed by atoms with E-state index in [1.165, 1.54) is 0 Å². The summed E-state index contributed by atoms with van der Waals surface area (Å²) in [4.78, 5) is 2.41. The van der Waals surface area contributed by atoms with Crippen LogP contribution in [0.15, 0.2) is 60.7 Å². The Morgan fingerprint density at radius 1 is 0.913 bits per heavy atom. The van der Waals surface area contributed by atoms with Crippen molar-refractivity contribution >= 4 is 0 Å². The Morgan fingerprint density at radius 2 is 1.35 bits per heavy atom. The maximum absolute atomic E-state index is 10.2. The molecular formula is C21H26N2. The maximum Gasteiger partial charge on any atom is 0.109 e. The fourth-order valence-electron chi connectivity index (χ4n) is 3.44. The number of benzene rings is 2. The number of rotatable bonds is 7. The molecule has 0 aliphatic heterocycles. The number of nitriles is 1. The van der Waals surface area contributed by atoms with E-state index in [1.807, 2.05) is 36.4 Å². The molecule has 0 aromatic heterocycles. The molecule has 23 heavy (non-hydrogen) atoms. The van der Waals surface area contributed by atoms with Gasteiger partial charge in [-0.1, -0.05) is 74.5 Å². The molecule has 0 heterocycles. The fraction of sp³-hybridized carbons (Fsp3) is 0.381. The molecule has 0 unspecified atom stereocenters. The van der Waals surface area contributed by atoms with E-state index in [1.54, 1.807) is 0 Å². The smallest absolute Gasteiger partial charge is 0.109 e. The van der Waals surface area contributed by atoms with Gasteiger partial charge in [0.25, 0.3) is 0 Å². The van der Waals surface area contributed by atoms with Crippen molar-refractivity contribution in [3.05, 3.63) is 71.8 Å². The lowest BCUT2D eigenvalue weighted by Gasteiger charge is -2.35. The number of hydrogen-bond donors (Lipinski definition) is 0. The van der Waals surface area contributed by atoms with Crippen LogP contribution >= 0.6 is 0 Å². The predicted molar refractivity (Wildman–Crippen MR) is 96.3 cm³/mol. The molecule has 0 aliphatic rings. The molecule has 2 heteroatoms. The molecule has 2 aromatic carbocycles. The van der Waals surface area contributed by atoms with Gasteiger partial charge in [-0.15, -0.1) is 0 Å². The second kappa shape index (κ2) is 7.94. The Labute approximate surface area is 140 Å². The first-order valence-corrected chi connectivity index (χ1v) is 8.44. The van der Waals surface area contributed by atoms with Gasteiger partial charge in [0.2, 0.25) is 0 Å². The minimum absolute atomic E-state index is 0.338. The molecule has 1 atom stereocenters. The van der Waals surface area contributed by atoms with Crippen LogP contribution in [0.1, 0.15) is 38.3 Å². The number of nitrogens with zero attached hydrogens (tertiary/aromatic N) is 2. The van der Waals surface area contributed by atoms with Crippen molar-refractivity contribution in [2.24, 2.45) is 0 Å². The quantitative estimate of drug-likeness (QED) is 0.746. The first kappa shape index (κ1) is 17.2. The lowest BCUT2D eigenvalue weighted by molar-refractivity contribution is 0.206. The molecule has 0 saturated carbocycles. The largest absolute Gasteiger partial charge is 0.301 e. The van der Waals surface area contributed by atoms with Gasteiger partial charge in [0.1, 0.15) is 5.41 Å². The van der Waals surface area contributed by atoms with Crippen LogP contribution in [0.25, 0.3) is 0 Å². The van der Waals surface area contributed by atoms with Crippen LogP contribution in [-0.2, 0) is 5.41 Å². The molecule has 0 fully saturated rings. The molecule has 0 spiro atoms. The van der Waals surface area contributed by atoms with Gasteiger partial charge in [-0.3, -0.25) is 0 Å². The third-order valence-corrected chi connectivity index (χ3v) is 4.76. The summed E-state index contributed by atoms with van der Waals surface area (Å²) >= 11 is 0. The van der Waals surface area contributed by atoms with Gasteiger partial charge in [0.05, 0.1) is 6.07 Å². The zero-order chi connectivity index (χ0) is 16.7. The van der Waals surface area contributed by atoms with Crippen LogP contribution in [-0.4, -0.2) is 24.0 Å². The van der Waals surface area contributed by atoms with E-state index in [0.717, 1.165) is 30.6 Å². The molecule has 2 rings (SSSR count). The second-order valence-corrected chi connectivity index (χ2v) is 6.02. The fourth-order valence-corrected chi connectivity index (χ4v) is 3.44. The Bertz CT molecular complexity index is 584. The highest BCUT2D eigenvalue weighted by molar-refractivity contribution is 5.46. The van der Waals surface area contributed by atoms with E-state index < -0.39 is 5.41 Å². The molecule has 2 aromatic rings. The number of hydrogen-bond acceptors (Lipinski definition) is 2. The summed E-state index contributed by atoms with van der Waals surface area (Å²) < 4.78 is 0. The summed E-state index contributed by atoms with van der Waals surface area (Å²) in [6.45, 7) is 8.59.